The molecule has 92 valence electrons. The summed E-state index contributed by atoms with van der Waals surface area (Å²) in [7, 11) is 0. The van der Waals surface area contributed by atoms with Crippen molar-refractivity contribution in [2.24, 2.45) is 0 Å². The van der Waals surface area contributed by atoms with Gasteiger partial charge in [0.1, 0.15) is 11.9 Å². The number of rotatable bonds is 3. The molecule has 0 spiro atoms. The van der Waals surface area contributed by atoms with Gasteiger partial charge in [-0.1, -0.05) is 12.8 Å². The predicted molar refractivity (Wildman–Crippen MR) is 62.3 cm³/mol. The lowest BCUT2D eigenvalue weighted by Gasteiger charge is -2.25. The Kier molecular flexibility index (Phi) is 4.03. The molecule has 0 aromatic carbocycles. The highest BCUT2D eigenvalue weighted by molar-refractivity contribution is 5.73. The highest BCUT2D eigenvalue weighted by Crippen LogP contribution is 2.18. The standard InChI is InChI=1S/C12H17N3O2/c16-12(17)10-5-2-1-3-8-15(10)9-11-13-6-4-7-14-11/h4,6-7,10H,1-3,5,8-9H2,(H,16,17). The maximum absolute atomic E-state index is 11.2. The number of likely N-dealkylation sites (tertiary alicyclic amines) is 1. The number of nitrogens with zero attached hydrogens (tertiary/aromatic N) is 3. The fourth-order valence-electron chi connectivity index (χ4n) is 2.23. The van der Waals surface area contributed by atoms with Crippen molar-refractivity contribution in [1.29, 1.82) is 0 Å². The largest absolute Gasteiger partial charge is 0.480 e. The van der Waals surface area contributed by atoms with Crippen LogP contribution in [-0.2, 0) is 11.3 Å². The van der Waals surface area contributed by atoms with E-state index in [2.05, 4.69) is 9.97 Å². The fraction of sp³-hybridized carbons (Fsp3) is 0.583. The molecule has 17 heavy (non-hydrogen) atoms. The molecule has 1 unspecified atom stereocenters. The number of aliphatic carboxylic acids is 1. The van der Waals surface area contributed by atoms with Crippen molar-refractivity contribution in [3.05, 3.63) is 24.3 Å². The zero-order valence-electron chi connectivity index (χ0n) is 9.75. The molecule has 2 heterocycles. The Hall–Kier alpha value is -1.49. The number of carbonyl (C=O) groups is 1. The molecule has 1 fully saturated rings. The van der Waals surface area contributed by atoms with Crippen molar-refractivity contribution >= 4 is 5.97 Å². The Morgan fingerprint density at radius 3 is 2.82 bits per heavy atom. The molecule has 1 atom stereocenters. The number of carboxylic acids is 1. The molecule has 1 aliphatic heterocycles. The summed E-state index contributed by atoms with van der Waals surface area (Å²) < 4.78 is 0. The van der Waals surface area contributed by atoms with Crippen LogP contribution in [0.5, 0.6) is 0 Å². The van der Waals surface area contributed by atoms with Gasteiger partial charge in [0.15, 0.2) is 0 Å². The van der Waals surface area contributed by atoms with Gasteiger partial charge in [0.05, 0.1) is 6.54 Å². The lowest BCUT2D eigenvalue weighted by molar-refractivity contribution is -0.143. The van der Waals surface area contributed by atoms with Crippen LogP contribution in [0, 0.1) is 0 Å². The first kappa shape index (κ1) is 12.0. The topological polar surface area (TPSA) is 66.3 Å². The van der Waals surface area contributed by atoms with Crippen molar-refractivity contribution in [3.8, 4) is 0 Å². The van der Waals surface area contributed by atoms with Crippen molar-refractivity contribution in [3.63, 3.8) is 0 Å². The van der Waals surface area contributed by atoms with E-state index in [-0.39, 0.29) is 6.04 Å². The Morgan fingerprint density at radius 2 is 2.12 bits per heavy atom. The van der Waals surface area contributed by atoms with Gasteiger partial charge in [0, 0.05) is 12.4 Å². The van der Waals surface area contributed by atoms with Crippen LogP contribution in [-0.4, -0.2) is 38.5 Å². The summed E-state index contributed by atoms with van der Waals surface area (Å²) >= 11 is 0. The Morgan fingerprint density at radius 1 is 1.35 bits per heavy atom. The highest BCUT2D eigenvalue weighted by atomic mass is 16.4. The molecule has 5 nitrogen and oxygen atoms in total. The van der Waals surface area contributed by atoms with Gasteiger partial charge >= 0.3 is 5.97 Å². The average molecular weight is 235 g/mol. The molecular weight excluding hydrogens is 218 g/mol. The zero-order valence-corrected chi connectivity index (χ0v) is 9.75. The number of carboxylic acid groups (broad SMARTS) is 1. The van der Waals surface area contributed by atoms with E-state index in [9.17, 15) is 9.90 Å². The summed E-state index contributed by atoms with van der Waals surface area (Å²) in [6.07, 6.45) is 7.25. The molecule has 0 saturated carbocycles. The van der Waals surface area contributed by atoms with Gasteiger partial charge in [-0.15, -0.1) is 0 Å². The molecule has 2 rings (SSSR count). The summed E-state index contributed by atoms with van der Waals surface area (Å²) in [4.78, 5) is 21.5. The minimum atomic E-state index is -0.733. The first-order valence-corrected chi connectivity index (χ1v) is 6.00. The monoisotopic (exact) mass is 235 g/mol. The summed E-state index contributed by atoms with van der Waals surface area (Å²) in [5.41, 5.74) is 0. The van der Waals surface area contributed by atoms with Crippen molar-refractivity contribution in [2.75, 3.05) is 6.54 Å². The second-order valence-electron chi connectivity index (χ2n) is 4.34. The minimum absolute atomic E-state index is 0.388. The van der Waals surface area contributed by atoms with Crippen molar-refractivity contribution in [1.82, 2.24) is 14.9 Å². The molecule has 1 aliphatic rings. The third kappa shape index (κ3) is 3.23. The molecule has 1 saturated heterocycles. The van der Waals surface area contributed by atoms with E-state index >= 15 is 0 Å². The van der Waals surface area contributed by atoms with Crippen molar-refractivity contribution < 1.29 is 9.90 Å². The molecule has 0 amide bonds. The van der Waals surface area contributed by atoms with E-state index in [1.807, 2.05) is 4.90 Å². The maximum atomic E-state index is 11.2. The van der Waals surface area contributed by atoms with E-state index in [1.54, 1.807) is 18.5 Å². The maximum Gasteiger partial charge on any atom is 0.320 e. The van der Waals surface area contributed by atoms with E-state index in [4.69, 9.17) is 0 Å². The lowest BCUT2D eigenvalue weighted by Crippen LogP contribution is -2.40. The molecule has 1 aromatic rings. The van der Waals surface area contributed by atoms with E-state index in [0.29, 0.717) is 12.4 Å². The van der Waals surface area contributed by atoms with Gasteiger partial charge in [-0.2, -0.15) is 0 Å². The van der Waals surface area contributed by atoms with Gasteiger partial charge < -0.3 is 5.11 Å². The van der Waals surface area contributed by atoms with Gasteiger partial charge in [-0.25, -0.2) is 9.97 Å². The number of aromatic nitrogens is 2. The van der Waals surface area contributed by atoms with Crippen molar-refractivity contribution in [2.45, 2.75) is 38.3 Å². The second kappa shape index (κ2) is 5.72. The van der Waals surface area contributed by atoms with E-state index in [0.717, 1.165) is 32.2 Å². The van der Waals surface area contributed by atoms with Crippen LogP contribution in [0.1, 0.15) is 31.5 Å². The second-order valence-corrected chi connectivity index (χ2v) is 4.34. The summed E-state index contributed by atoms with van der Waals surface area (Å²) in [6, 6.07) is 1.38. The highest BCUT2D eigenvalue weighted by Gasteiger charge is 2.27. The molecule has 0 bridgehead atoms. The SMILES string of the molecule is O=C(O)C1CCCCCN1Cc1ncccn1. The molecule has 1 aromatic heterocycles. The van der Waals surface area contributed by atoms with Crippen LogP contribution >= 0.6 is 0 Å². The first-order valence-electron chi connectivity index (χ1n) is 6.00. The van der Waals surface area contributed by atoms with Crippen LogP contribution in [0.4, 0.5) is 0 Å². The third-order valence-corrected chi connectivity index (χ3v) is 3.11. The summed E-state index contributed by atoms with van der Waals surface area (Å²) in [6.45, 7) is 1.34. The average Bonchev–Trinajstić information content (AvgIpc) is 2.56. The normalized spacial score (nSPS) is 22.0. The van der Waals surface area contributed by atoms with E-state index in [1.165, 1.54) is 0 Å². The van der Waals surface area contributed by atoms with Gasteiger partial charge in [-0.05, 0) is 25.5 Å². The summed E-state index contributed by atoms with van der Waals surface area (Å²) in [5, 5.41) is 9.23. The number of hydrogen-bond donors (Lipinski definition) is 1. The molecular formula is C12H17N3O2. The molecule has 0 aliphatic carbocycles. The van der Waals surface area contributed by atoms with Crippen LogP contribution in [0.2, 0.25) is 0 Å². The van der Waals surface area contributed by atoms with Crippen LogP contribution in [0.15, 0.2) is 18.5 Å². The summed E-state index contributed by atoms with van der Waals surface area (Å²) in [5.74, 6) is -0.0384. The first-order chi connectivity index (χ1) is 8.27. The molecule has 5 heteroatoms. The third-order valence-electron chi connectivity index (χ3n) is 3.11. The van der Waals surface area contributed by atoms with Crippen LogP contribution in [0.25, 0.3) is 0 Å². The van der Waals surface area contributed by atoms with Crippen LogP contribution < -0.4 is 0 Å². The molecule has 0 radical (unpaired) electrons. The Labute approximate surface area is 100 Å². The minimum Gasteiger partial charge on any atom is -0.480 e. The fourth-order valence-corrected chi connectivity index (χ4v) is 2.23. The molecule has 1 N–H and O–H groups in total. The number of hydrogen-bond acceptors (Lipinski definition) is 4. The van der Waals surface area contributed by atoms with Gasteiger partial charge in [0.25, 0.3) is 0 Å². The predicted octanol–water partition coefficient (Wildman–Crippen LogP) is 1.31. The van der Waals surface area contributed by atoms with Crippen LogP contribution in [0.3, 0.4) is 0 Å². The zero-order chi connectivity index (χ0) is 12.1. The Balaban J connectivity index is 2.07. The van der Waals surface area contributed by atoms with E-state index < -0.39 is 5.97 Å². The smallest absolute Gasteiger partial charge is 0.320 e. The Bertz CT molecular complexity index is 369. The lowest BCUT2D eigenvalue weighted by atomic mass is 10.1. The van der Waals surface area contributed by atoms with Gasteiger partial charge in [-0.3, -0.25) is 9.69 Å². The quantitative estimate of drug-likeness (QED) is 0.855. The van der Waals surface area contributed by atoms with Gasteiger partial charge in [0.2, 0.25) is 0 Å².